The molecule has 0 amide bonds. The van der Waals surface area contributed by atoms with Crippen LogP contribution in [-0.4, -0.2) is 30.8 Å². The zero-order valence-electron chi connectivity index (χ0n) is 7.35. The van der Waals surface area contributed by atoms with Gasteiger partial charge in [-0.1, -0.05) is 6.92 Å². The van der Waals surface area contributed by atoms with E-state index in [0.717, 1.165) is 0 Å². The predicted molar refractivity (Wildman–Crippen MR) is 44.6 cm³/mol. The summed E-state index contributed by atoms with van der Waals surface area (Å²) in [5.74, 6) is -1.76. The van der Waals surface area contributed by atoms with E-state index in [4.69, 9.17) is 0 Å². The Labute approximate surface area is 78.8 Å². The molecule has 0 aromatic heterocycles. The van der Waals surface area contributed by atoms with E-state index in [-0.39, 0.29) is 5.75 Å². The number of methoxy groups -OCH3 is 1. The third kappa shape index (κ3) is 6.74. The van der Waals surface area contributed by atoms with Crippen LogP contribution in [0, 0.1) is 5.92 Å². The van der Waals surface area contributed by atoms with Crippen LogP contribution >= 0.6 is 11.8 Å². The van der Waals surface area contributed by atoms with Gasteiger partial charge in [-0.25, -0.2) is 0 Å². The number of rotatable bonds is 4. The quantitative estimate of drug-likeness (QED) is 0.673. The van der Waals surface area contributed by atoms with E-state index in [1.165, 1.54) is 14.0 Å². The molecule has 1 atom stereocenters. The van der Waals surface area contributed by atoms with Gasteiger partial charge in [-0.3, -0.25) is 4.79 Å². The molecule has 0 aliphatic carbocycles. The zero-order valence-corrected chi connectivity index (χ0v) is 8.17. The first-order valence-electron chi connectivity index (χ1n) is 3.59. The molecule has 0 aliphatic heterocycles. The van der Waals surface area contributed by atoms with E-state index in [1.807, 2.05) is 0 Å². The summed E-state index contributed by atoms with van der Waals surface area (Å²) in [7, 11) is 1.22. The molecule has 0 rings (SSSR count). The molecule has 0 fully saturated rings. The van der Waals surface area contributed by atoms with Crippen molar-refractivity contribution in [3.8, 4) is 0 Å². The second kappa shape index (κ2) is 5.36. The van der Waals surface area contributed by atoms with Crippen LogP contribution in [0.15, 0.2) is 0 Å². The van der Waals surface area contributed by atoms with Gasteiger partial charge in [0.05, 0.1) is 18.8 Å². The van der Waals surface area contributed by atoms with Gasteiger partial charge in [-0.2, -0.15) is 24.9 Å². The summed E-state index contributed by atoms with van der Waals surface area (Å²) in [6.45, 7) is 1.54. The van der Waals surface area contributed by atoms with E-state index in [2.05, 4.69) is 4.74 Å². The minimum Gasteiger partial charge on any atom is -0.469 e. The van der Waals surface area contributed by atoms with Gasteiger partial charge in [0.15, 0.2) is 0 Å². The number of hydrogen-bond acceptors (Lipinski definition) is 3. The van der Waals surface area contributed by atoms with Crippen LogP contribution < -0.4 is 0 Å². The summed E-state index contributed by atoms with van der Waals surface area (Å²) in [5, 5.41) is 0. The third-order valence-electron chi connectivity index (χ3n) is 1.24. The Bertz CT molecular complexity index is 170. The predicted octanol–water partition coefficient (Wildman–Crippen LogP) is 2.09. The molecule has 2 nitrogen and oxygen atoms in total. The molecule has 1 unspecified atom stereocenters. The molecule has 0 bridgehead atoms. The summed E-state index contributed by atoms with van der Waals surface area (Å²) in [6, 6.07) is 0. The summed E-state index contributed by atoms with van der Waals surface area (Å²) < 4.78 is 39.3. The number of alkyl halides is 3. The fraction of sp³-hybridized carbons (Fsp3) is 0.857. The largest absolute Gasteiger partial charge is 0.469 e. The highest BCUT2D eigenvalue weighted by molar-refractivity contribution is 7.99. The number of halogens is 3. The lowest BCUT2D eigenvalue weighted by Crippen LogP contribution is -2.17. The summed E-state index contributed by atoms with van der Waals surface area (Å²) in [4.78, 5) is 10.8. The van der Waals surface area contributed by atoms with Gasteiger partial charge in [0, 0.05) is 5.75 Å². The maximum Gasteiger partial charge on any atom is 0.397 e. The Morgan fingerprint density at radius 1 is 1.54 bits per heavy atom. The van der Waals surface area contributed by atoms with Crippen LogP contribution in [0.25, 0.3) is 0 Å². The first-order chi connectivity index (χ1) is 5.87. The molecule has 0 heterocycles. The lowest BCUT2D eigenvalue weighted by molar-refractivity contribution is -0.144. The SMILES string of the molecule is COC(=O)C(C)CSCC(F)(F)F. The maximum absolute atomic E-state index is 11.7. The molecule has 0 spiro atoms. The fourth-order valence-electron chi connectivity index (χ4n) is 0.621. The van der Waals surface area contributed by atoms with Crippen LogP contribution in [0.5, 0.6) is 0 Å². The van der Waals surface area contributed by atoms with Crippen molar-refractivity contribution in [2.45, 2.75) is 13.1 Å². The molecule has 0 radical (unpaired) electrons. The highest BCUT2D eigenvalue weighted by Gasteiger charge is 2.27. The van der Waals surface area contributed by atoms with Gasteiger partial charge in [0.2, 0.25) is 0 Å². The van der Waals surface area contributed by atoms with Crippen molar-refractivity contribution < 1.29 is 22.7 Å². The van der Waals surface area contributed by atoms with E-state index in [9.17, 15) is 18.0 Å². The number of hydrogen-bond donors (Lipinski definition) is 0. The molecule has 0 saturated carbocycles. The first-order valence-corrected chi connectivity index (χ1v) is 4.74. The van der Waals surface area contributed by atoms with Crippen molar-refractivity contribution in [1.29, 1.82) is 0 Å². The molecule has 13 heavy (non-hydrogen) atoms. The van der Waals surface area contributed by atoms with E-state index < -0.39 is 23.8 Å². The normalized spacial score (nSPS) is 13.9. The zero-order chi connectivity index (χ0) is 10.5. The smallest absolute Gasteiger partial charge is 0.397 e. The second-order valence-electron chi connectivity index (χ2n) is 2.55. The maximum atomic E-state index is 11.7. The monoisotopic (exact) mass is 216 g/mol. The fourth-order valence-corrected chi connectivity index (χ4v) is 1.46. The minimum absolute atomic E-state index is 0.131. The van der Waals surface area contributed by atoms with Gasteiger partial charge in [-0.15, -0.1) is 0 Å². The Balaban J connectivity index is 3.59. The molecule has 0 saturated heterocycles. The lowest BCUT2D eigenvalue weighted by Gasteiger charge is -2.09. The molecule has 78 valence electrons. The molecular formula is C7H11F3O2S. The third-order valence-corrected chi connectivity index (χ3v) is 2.50. The number of ether oxygens (including phenoxy) is 1. The Morgan fingerprint density at radius 2 is 2.08 bits per heavy atom. The van der Waals surface area contributed by atoms with Crippen LogP contribution in [0.3, 0.4) is 0 Å². The number of carbonyl (C=O) groups is 1. The molecule has 0 aliphatic rings. The van der Waals surface area contributed by atoms with Gasteiger partial charge in [0.25, 0.3) is 0 Å². The highest BCUT2D eigenvalue weighted by atomic mass is 32.2. The molecule has 0 aromatic rings. The highest BCUT2D eigenvalue weighted by Crippen LogP contribution is 2.22. The van der Waals surface area contributed by atoms with Crippen LogP contribution in [-0.2, 0) is 9.53 Å². The summed E-state index contributed by atoms with van der Waals surface area (Å²) >= 11 is 0.686. The van der Waals surface area contributed by atoms with Crippen molar-refractivity contribution in [2.75, 3.05) is 18.6 Å². The van der Waals surface area contributed by atoms with Gasteiger partial charge >= 0.3 is 12.1 Å². The van der Waals surface area contributed by atoms with Gasteiger partial charge in [0.1, 0.15) is 0 Å². The van der Waals surface area contributed by atoms with Crippen molar-refractivity contribution in [1.82, 2.24) is 0 Å². The number of thioether (sulfide) groups is 1. The van der Waals surface area contributed by atoms with Crippen LogP contribution in [0.4, 0.5) is 13.2 Å². The van der Waals surface area contributed by atoms with E-state index >= 15 is 0 Å². The molecule has 6 heteroatoms. The Morgan fingerprint density at radius 3 is 2.46 bits per heavy atom. The second-order valence-corrected chi connectivity index (χ2v) is 3.58. The minimum atomic E-state index is -4.17. The average Bonchev–Trinajstić information content (AvgIpc) is 2.00. The lowest BCUT2D eigenvalue weighted by atomic mass is 10.2. The topological polar surface area (TPSA) is 26.3 Å². The van der Waals surface area contributed by atoms with Crippen molar-refractivity contribution >= 4 is 17.7 Å². The van der Waals surface area contributed by atoms with Crippen molar-refractivity contribution in [2.24, 2.45) is 5.92 Å². The van der Waals surface area contributed by atoms with Crippen LogP contribution in [0.2, 0.25) is 0 Å². The number of esters is 1. The van der Waals surface area contributed by atoms with Crippen LogP contribution in [0.1, 0.15) is 6.92 Å². The van der Waals surface area contributed by atoms with Gasteiger partial charge in [-0.05, 0) is 0 Å². The van der Waals surface area contributed by atoms with Gasteiger partial charge < -0.3 is 4.74 Å². The number of carbonyl (C=O) groups excluding carboxylic acids is 1. The average molecular weight is 216 g/mol. The van der Waals surface area contributed by atoms with E-state index in [1.54, 1.807) is 0 Å². The Kier molecular flexibility index (Phi) is 5.20. The standard InChI is InChI=1S/C7H11F3O2S/c1-5(6(11)12-2)3-13-4-7(8,9)10/h5H,3-4H2,1-2H3. The summed E-state index contributed by atoms with van der Waals surface area (Å²) in [6.07, 6.45) is -4.17. The molecule has 0 aromatic carbocycles. The van der Waals surface area contributed by atoms with E-state index in [0.29, 0.717) is 11.8 Å². The van der Waals surface area contributed by atoms with Crippen molar-refractivity contribution in [3.63, 3.8) is 0 Å². The first kappa shape index (κ1) is 12.6. The Hall–Kier alpha value is -0.390. The van der Waals surface area contributed by atoms with Crippen molar-refractivity contribution in [3.05, 3.63) is 0 Å². The molecular weight excluding hydrogens is 205 g/mol. The molecule has 0 N–H and O–H groups in total. The summed E-state index contributed by atoms with van der Waals surface area (Å²) in [5.41, 5.74) is 0.